The Balaban J connectivity index is 1.75. The van der Waals surface area contributed by atoms with Crippen molar-refractivity contribution in [2.75, 3.05) is 11.0 Å². The Morgan fingerprint density at radius 1 is 1.11 bits per heavy atom. The summed E-state index contributed by atoms with van der Waals surface area (Å²) in [6, 6.07) is 10.3. The largest absolute Gasteiger partial charge is 0.321 e. The van der Waals surface area contributed by atoms with Crippen molar-refractivity contribution < 1.29 is 22.0 Å². The summed E-state index contributed by atoms with van der Waals surface area (Å²) in [5.41, 5.74) is 2.92. The van der Waals surface area contributed by atoms with Crippen LogP contribution >= 0.6 is 0 Å². The Morgan fingerprint density at radius 2 is 1.83 bits per heavy atom. The van der Waals surface area contributed by atoms with Crippen LogP contribution < -0.4 is 21.8 Å². The number of nitrogens with zero attached hydrogens (tertiary/aromatic N) is 3. The highest BCUT2D eigenvalue weighted by Crippen LogP contribution is 2.28. The lowest BCUT2D eigenvalue weighted by Gasteiger charge is -2.09. The van der Waals surface area contributed by atoms with Crippen molar-refractivity contribution in [3.05, 3.63) is 77.1 Å². The molecule has 0 unspecified atom stereocenters. The fraction of sp³-hybridized carbons (Fsp3) is 0.0476. The molecule has 4 rings (SSSR count). The second-order valence-corrected chi connectivity index (χ2v) is 9.13. The van der Waals surface area contributed by atoms with Crippen LogP contribution in [0.5, 0.6) is 0 Å². The maximum Gasteiger partial charge on any atom is 0.230 e. The minimum atomic E-state index is -4.00. The van der Waals surface area contributed by atoms with E-state index in [0.29, 0.717) is 11.1 Å². The summed E-state index contributed by atoms with van der Waals surface area (Å²) in [5, 5.41) is 10.4. The van der Waals surface area contributed by atoms with Gasteiger partial charge in [0, 0.05) is 17.3 Å². The number of aromatic amines is 1. The van der Waals surface area contributed by atoms with Gasteiger partial charge in [0.05, 0.1) is 17.2 Å². The third-order valence-electron chi connectivity index (χ3n) is 5.01. The van der Waals surface area contributed by atoms with Crippen LogP contribution in [0.1, 0.15) is 21.6 Å². The summed E-state index contributed by atoms with van der Waals surface area (Å²) < 4.78 is 53.7. The first-order chi connectivity index (χ1) is 16.6. The molecule has 14 heteroatoms. The monoisotopic (exact) mass is 500 g/mol. The van der Waals surface area contributed by atoms with Gasteiger partial charge in [-0.15, -0.1) is 0 Å². The number of hydrogen-bond donors (Lipinski definition) is 5. The van der Waals surface area contributed by atoms with E-state index in [1.807, 2.05) is 0 Å². The first kappa shape index (κ1) is 23.7. The van der Waals surface area contributed by atoms with Gasteiger partial charge in [-0.05, 0) is 23.8 Å². The molecule has 0 radical (unpaired) electrons. The molecule has 0 amide bonds. The molecule has 0 spiro atoms. The molecule has 180 valence electrons. The number of ketones is 1. The first-order valence-corrected chi connectivity index (χ1v) is 11.7. The zero-order valence-electron chi connectivity index (χ0n) is 18.0. The quantitative estimate of drug-likeness (QED) is 0.0869. The van der Waals surface area contributed by atoms with Crippen molar-refractivity contribution in [2.45, 2.75) is 0 Å². The summed E-state index contributed by atoms with van der Waals surface area (Å²) in [4.78, 5) is 17.4. The van der Waals surface area contributed by atoms with Crippen LogP contribution in [-0.4, -0.2) is 41.5 Å². The zero-order chi connectivity index (χ0) is 25.3. The highest BCUT2D eigenvalue weighted by atomic mass is 32.2. The van der Waals surface area contributed by atoms with Crippen LogP contribution in [0.3, 0.4) is 0 Å². The number of carbonyl (C=O) groups excluding carboxylic acids is 1. The molecular formula is C21H18F2N8O3S. The zero-order valence-corrected chi connectivity index (χ0v) is 18.8. The van der Waals surface area contributed by atoms with Crippen molar-refractivity contribution >= 4 is 38.4 Å². The number of nitrogens with two attached hydrogens (primary N) is 2. The molecule has 0 saturated carbocycles. The topological polar surface area (TPSA) is 181 Å². The molecule has 11 nitrogen and oxygen atoms in total. The van der Waals surface area contributed by atoms with Gasteiger partial charge >= 0.3 is 0 Å². The molecule has 7 N–H and O–H groups in total. The number of carbonyl (C=O) groups is 1. The van der Waals surface area contributed by atoms with Gasteiger partial charge in [-0.25, -0.2) is 28.0 Å². The van der Waals surface area contributed by atoms with E-state index in [-0.39, 0.29) is 22.6 Å². The third-order valence-corrected chi connectivity index (χ3v) is 5.59. The molecule has 0 fully saturated rings. The lowest BCUT2D eigenvalue weighted by molar-refractivity contribution is 0.103. The van der Waals surface area contributed by atoms with Gasteiger partial charge in [0.15, 0.2) is 17.3 Å². The molecule has 0 saturated heterocycles. The summed E-state index contributed by atoms with van der Waals surface area (Å²) in [7, 11) is -4.00. The average Bonchev–Trinajstić information content (AvgIpc) is 3.25. The van der Waals surface area contributed by atoms with E-state index in [4.69, 9.17) is 11.7 Å². The fourth-order valence-corrected chi connectivity index (χ4v) is 3.94. The van der Waals surface area contributed by atoms with E-state index in [1.165, 1.54) is 0 Å². The average molecular weight is 500 g/mol. The number of anilines is 1. The van der Waals surface area contributed by atoms with E-state index in [1.54, 1.807) is 41.3 Å². The van der Waals surface area contributed by atoms with Gasteiger partial charge in [-0.3, -0.25) is 14.6 Å². The minimum Gasteiger partial charge on any atom is -0.321 e. The molecule has 0 aliphatic heterocycles. The van der Waals surface area contributed by atoms with Crippen molar-refractivity contribution in [3.63, 3.8) is 0 Å². The van der Waals surface area contributed by atoms with Gasteiger partial charge in [-0.2, -0.15) is 10.2 Å². The molecule has 2 aromatic heterocycles. The highest BCUT2D eigenvalue weighted by molar-refractivity contribution is 7.92. The number of H-pyrrole nitrogens is 1. The van der Waals surface area contributed by atoms with Gasteiger partial charge in [-0.1, -0.05) is 24.3 Å². The van der Waals surface area contributed by atoms with E-state index < -0.39 is 38.7 Å². The van der Waals surface area contributed by atoms with Crippen molar-refractivity contribution in [3.8, 4) is 11.1 Å². The number of amidine groups is 1. The van der Waals surface area contributed by atoms with Gasteiger partial charge in [0.2, 0.25) is 15.8 Å². The second-order valence-electron chi connectivity index (χ2n) is 7.38. The lowest BCUT2D eigenvalue weighted by Crippen LogP contribution is -2.31. The number of fused-ring (bicyclic) bond motifs is 1. The standard InChI is InChI=1S/C21H18F2N8O3S/c1-35(33,34)31-18-15(22)7-6-13(16(18)23)19(32)17-14-8-12(9-26-21(14)30-29-17)10-2-4-11(5-3-10)20(27-24)28-25/h2-9,31H,24-25H2,1H3,(H,27,28)(H,26,29,30). The molecule has 2 heterocycles. The van der Waals surface area contributed by atoms with E-state index >= 15 is 0 Å². The lowest BCUT2D eigenvalue weighted by atomic mass is 10.0. The molecule has 0 bridgehead atoms. The number of halogens is 2. The SMILES string of the molecule is CS(=O)(=O)Nc1c(F)ccc(C(=O)c2n[nH]c3ncc(-c4ccc(/C(=N/N)NN)cc4)cc23)c1F. The molecule has 0 aliphatic carbocycles. The van der Waals surface area contributed by atoms with Gasteiger partial charge in [0.25, 0.3) is 0 Å². The Morgan fingerprint density at radius 3 is 2.46 bits per heavy atom. The number of hydrazine groups is 1. The van der Waals surface area contributed by atoms with Crippen LogP contribution in [-0.2, 0) is 10.0 Å². The van der Waals surface area contributed by atoms with E-state index in [9.17, 15) is 22.0 Å². The molecule has 2 aromatic carbocycles. The normalized spacial score (nSPS) is 12.1. The van der Waals surface area contributed by atoms with Crippen LogP contribution in [0.4, 0.5) is 14.5 Å². The second kappa shape index (κ2) is 9.08. The molecule has 35 heavy (non-hydrogen) atoms. The van der Waals surface area contributed by atoms with Gasteiger partial charge < -0.3 is 11.3 Å². The number of rotatable bonds is 6. The van der Waals surface area contributed by atoms with Crippen molar-refractivity contribution in [2.24, 2.45) is 16.8 Å². The summed E-state index contributed by atoms with van der Waals surface area (Å²) in [6.07, 6.45) is 2.28. The number of nitrogens with one attached hydrogen (secondary N) is 3. The Bertz CT molecular complexity index is 1580. The predicted molar refractivity (Wildman–Crippen MR) is 126 cm³/mol. The minimum absolute atomic E-state index is 0.174. The maximum absolute atomic E-state index is 14.9. The Kier molecular flexibility index (Phi) is 6.15. The predicted octanol–water partition coefficient (Wildman–Crippen LogP) is 1.59. The number of hydrogen-bond acceptors (Lipinski definition) is 8. The molecular weight excluding hydrogens is 482 g/mol. The number of aromatic nitrogens is 3. The van der Waals surface area contributed by atoms with Crippen molar-refractivity contribution in [1.29, 1.82) is 0 Å². The smallest absolute Gasteiger partial charge is 0.230 e. The number of pyridine rings is 1. The van der Waals surface area contributed by atoms with Crippen LogP contribution in [0.25, 0.3) is 22.2 Å². The van der Waals surface area contributed by atoms with Crippen LogP contribution in [0.15, 0.2) is 53.8 Å². The van der Waals surface area contributed by atoms with Crippen molar-refractivity contribution in [1.82, 2.24) is 20.6 Å². The molecule has 0 aliphatic rings. The summed E-state index contributed by atoms with van der Waals surface area (Å²) in [5.74, 6) is 7.51. The summed E-state index contributed by atoms with van der Waals surface area (Å²) >= 11 is 0. The molecule has 0 atom stereocenters. The first-order valence-electron chi connectivity index (χ1n) is 9.83. The van der Waals surface area contributed by atoms with Crippen LogP contribution in [0.2, 0.25) is 0 Å². The Hall–Kier alpha value is -4.43. The van der Waals surface area contributed by atoms with Crippen LogP contribution in [0, 0.1) is 11.6 Å². The highest BCUT2D eigenvalue weighted by Gasteiger charge is 2.25. The molecule has 4 aromatic rings. The number of hydrazone groups is 1. The number of benzene rings is 2. The van der Waals surface area contributed by atoms with E-state index in [2.05, 4.69) is 25.7 Å². The third kappa shape index (κ3) is 4.64. The summed E-state index contributed by atoms with van der Waals surface area (Å²) in [6.45, 7) is 0. The van der Waals surface area contributed by atoms with E-state index in [0.717, 1.165) is 24.0 Å². The fourth-order valence-electron chi connectivity index (χ4n) is 3.38. The Labute approximate surface area is 197 Å². The number of sulfonamides is 1. The van der Waals surface area contributed by atoms with Gasteiger partial charge in [0.1, 0.15) is 17.2 Å². The maximum atomic E-state index is 14.9.